The number of hydrogen-bond donors (Lipinski definition) is 1. The first kappa shape index (κ1) is 32.5. The molecule has 0 saturated heterocycles. The van der Waals surface area contributed by atoms with Crippen LogP contribution in [0.3, 0.4) is 0 Å². The number of amides is 2. The lowest BCUT2D eigenvalue weighted by Crippen LogP contribution is -2.52. The number of nitrogens with zero attached hydrogens (tertiary/aromatic N) is 2. The Labute approximate surface area is 249 Å². The number of benzene rings is 3. The molecular formula is C32H41N3O6S. The second kappa shape index (κ2) is 14.7. The van der Waals surface area contributed by atoms with E-state index in [2.05, 4.69) is 5.32 Å². The first-order valence-corrected chi connectivity index (χ1v) is 15.4. The lowest BCUT2D eigenvalue weighted by Gasteiger charge is -2.33. The number of rotatable bonds is 14. The van der Waals surface area contributed by atoms with Gasteiger partial charge in [0.05, 0.1) is 24.8 Å². The van der Waals surface area contributed by atoms with E-state index in [9.17, 15) is 18.0 Å². The van der Waals surface area contributed by atoms with Crippen LogP contribution in [0.5, 0.6) is 11.5 Å². The number of carbonyl (C=O) groups excluding carboxylic acids is 2. The standard InChI is InChI=1S/C32H41N3O6S/c1-7-28(32(37)33-20-23(2)3)34(21-25-13-11-12-24(4)18-25)31(36)22-35(42(38,39)27-14-9-8-10-15-27)29-19-26(40-5)16-17-30(29)41-6/h8-19,23,28H,7,20-22H2,1-6H3,(H,33,37)/t28-/m0/s1. The van der Waals surface area contributed by atoms with E-state index in [4.69, 9.17) is 9.47 Å². The molecule has 3 aromatic carbocycles. The highest BCUT2D eigenvalue weighted by Gasteiger charge is 2.35. The summed E-state index contributed by atoms with van der Waals surface area (Å²) in [6.45, 7) is 7.78. The van der Waals surface area contributed by atoms with Gasteiger partial charge in [-0.3, -0.25) is 13.9 Å². The Morgan fingerprint density at radius 1 is 0.929 bits per heavy atom. The fourth-order valence-electron chi connectivity index (χ4n) is 4.57. The van der Waals surface area contributed by atoms with Crippen molar-refractivity contribution >= 4 is 27.5 Å². The van der Waals surface area contributed by atoms with Crippen molar-refractivity contribution in [1.82, 2.24) is 10.2 Å². The average molecular weight is 596 g/mol. The van der Waals surface area contributed by atoms with Crippen LogP contribution in [0.25, 0.3) is 0 Å². The molecule has 0 aliphatic rings. The SMILES string of the molecule is CC[C@@H](C(=O)NCC(C)C)N(Cc1cccc(C)c1)C(=O)CN(c1cc(OC)ccc1OC)S(=O)(=O)c1ccccc1. The van der Waals surface area contributed by atoms with Gasteiger partial charge in [-0.2, -0.15) is 0 Å². The first-order valence-electron chi connectivity index (χ1n) is 13.9. The first-order chi connectivity index (χ1) is 20.0. The minimum absolute atomic E-state index is 0.00891. The molecule has 0 aliphatic carbocycles. The third kappa shape index (κ3) is 8.03. The summed E-state index contributed by atoms with van der Waals surface area (Å²) < 4.78 is 40.1. The topological polar surface area (TPSA) is 105 Å². The zero-order valence-corrected chi connectivity index (χ0v) is 26.0. The molecule has 0 saturated carbocycles. The maximum absolute atomic E-state index is 14.3. The second-order valence-electron chi connectivity index (χ2n) is 10.4. The van der Waals surface area contributed by atoms with Crippen molar-refractivity contribution in [2.75, 3.05) is 31.6 Å². The van der Waals surface area contributed by atoms with Gasteiger partial charge in [-0.15, -0.1) is 0 Å². The third-order valence-electron chi connectivity index (χ3n) is 6.77. The molecule has 0 fully saturated rings. The molecule has 9 nitrogen and oxygen atoms in total. The van der Waals surface area contributed by atoms with Gasteiger partial charge in [-0.05, 0) is 49.1 Å². The van der Waals surface area contributed by atoms with E-state index >= 15 is 0 Å². The zero-order valence-electron chi connectivity index (χ0n) is 25.2. The van der Waals surface area contributed by atoms with Crippen LogP contribution in [-0.2, 0) is 26.2 Å². The van der Waals surface area contributed by atoms with E-state index in [0.717, 1.165) is 15.4 Å². The Morgan fingerprint density at radius 2 is 1.64 bits per heavy atom. The number of carbonyl (C=O) groups is 2. The molecule has 0 aliphatic heterocycles. The van der Waals surface area contributed by atoms with E-state index in [0.29, 0.717) is 18.7 Å². The summed E-state index contributed by atoms with van der Waals surface area (Å²) in [5.41, 5.74) is 1.98. The molecular weight excluding hydrogens is 554 g/mol. The van der Waals surface area contributed by atoms with Gasteiger partial charge in [0, 0.05) is 19.2 Å². The van der Waals surface area contributed by atoms with E-state index in [-0.39, 0.29) is 34.7 Å². The van der Waals surface area contributed by atoms with E-state index in [1.807, 2.05) is 52.0 Å². The number of nitrogens with one attached hydrogen (secondary N) is 1. The molecule has 1 atom stereocenters. The largest absolute Gasteiger partial charge is 0.497 e. The van der Waals surface area contributed by atoms with Crippen molar-refractivity contribution in [1.29, 1.82) is 0 Å². The number of anilines is 1. The third-order valence-corrected chi connectivity index (χ3v) is 8.54. The van der Waals surface area contributed by atoms with Crippen LogP contribution in [0, 0.1) is 12.8 Å². The van der Waals surface area contributed by atoms with Gasteiger partial charge in [-0.1, -0.05) is 68.8 Å². The zero-order chi connectivity index (χ0) is 30.9. The monoisotopic (exact) mass is 595 g/mol. The van der Waals surface area contributed by atoms with Gasteiger partial charge in [0.15, 0.2) is 0 Å². The lowest BCUT2D eigenvalue weighted by molar-refractivity contribution is -0.140. The maximum Gasteiger partial charge on any atom is 0.264 e. The Balaban J connectivity index is 2.12. The molecule has 0 radical (unpaired) electrons. The molecule has 0 heterocycles. The molecule has 0 unspecified atom stereocenters. The number of methoxy groups -OCH3 is 2. The Kier molecular flexibility index (Phi) is 11.4. The Morgan fingerprint density at radius 3 is 2.24 bits per heavy atom. The normalized spacial score (nSPS) is 12.0. The van der Waals surface area contributed by atoms with Gasteiger partial charge in [0.25, 0.3) is 10.0 Å². The second-order valence-corrected chi connectivity index (χ2v) is 12.3. The van der Waals surface area contributed by atoms with Gasteiger partial charge < -0.3 is 19.7 Å². The van der Waals surface area contributed by atoms with Crippen LogP contribution in [-0.4, -0.2) is 58.5 Å². The minimum atomic E-state index is -4.24. The van der Waals surface area contributed by atoms with E-state index < -0.39 is 28.5 Å². The summed E-state index contributed by atoms with van der Waals surface area (Å²) in [5, 5.41) is 2.94. The van der Waals surface area contributed by atoms with Crippen molar-refractivity contribution in [2.45, 2.75) is 51.6 Å². The van der Waals surface area contributed by atoms with Crippen molar-refractivity contribution < 1.29 is 27.5 Å². The van der Waals surface area contributed by atoms with Gasteiger partial charge in [-0.25, -0.2) is 8.42 Å². The predicted molar refractivity (Wildman–Crippen MR) is 164 cm³/mol. The Hall–Kier alpha value is -4.05. The molecule has 42 heavy (non-hydrogen) atoms. The highest BCUT2D eigenvalue weighted by molar-refractivity contribution is 7.92. The molecule has 10 heteroatoms. The van der Waals surface area contributed by atoms with Crippen molar-refractivity contribution in [3.63, 3.8) is 0 Å². The van der Waals surface area contributed by atoms with Gasteiger partial charge >= 0.3 is 0 Å². The molecule has 2 amide bonds. The van der Waals surface area contributed by atoms with Gasteiger partial charge in [0.2, 0.25) is 11.8 Å². The van der Waals surface area contributed by atoms with Crippen molar-refractivity contribution in [3.05, 3.63) is 83.9 Å². The van der Waals surface area contributed by atoms with Crippen LogP contribution in [0.2, 0.25) is 0 Å². The predicted octanol–water partition coefficient (Wildman–Crippen LogP) is 4.79. The minimum Gasteiger partial charge on any atom is -0.497 e. The smallest absolute Gasteiger partial charge is 0.264 e. The quantitative estimate of drug-likeness (QED) is 0.288. The number of ether oxygens (including phenoxy) is 2. The van der Waals surface area contributed by atoms with Crippen LogP contribution < -0.4 is 19.1 Å². The van der Waals surface area contributed by atoms with Crippen LogP contribution in [0.15, 0.2) is 77.7 Å². The maximum atomic E-state index is 14.3. The number of aryl methyl sites for hydroxylation is 1. The molecule has 3 rings (SSSR count). The lowest BCUT2D eigenvalue weighted by atomic mass is 10.1. The summed E-state index contributed by atoms with van der Waals surface area (Å²) in [4.78, 5) is 29.1. The summed E-state index contributed by atoms with van der Waals surface area (Å²) in [5.74, 6) is 0.0353. The highest BCUT2D eigenvalue weighted by Crippen LogP contribution is 2.36. The fraction of sp³-hybridized carbons (Fsp3) is 0.375. The molecule has 3 aromatic rings. The fourth-order valence-corrected chi connectivity index (χ4v) is 6.01. The van der Waals surface area contributed by atoms with Crippen LogP contribution in [0.4, 0.5) is 5.69 Å². The molecule has 0 bridgehead atoms. The molecule has 0 aromatic heterocycles. The van der Waals surface area contributed by atoms with Gasteiger partial charge in [0.1, 0.15) is 24.1 Å². The summed E-state index contributed by atoms with van der Waals surface area (Å²) in [7, 11) is -1.35. The number of sulfonamides is 1. The van der Waals surface area contributed by atoms with E-state index in [1.165, 1.54) is 37.3 Å². The highest BCUT2D eigenvalue weighted by atomic mass is 32.2. The Bertz CT molecular complexity index is 1460. The van der Waals surface area contributed by atoms with Crippen LogP contribution >= 0.6 is 0 Å². The summed E-state index contributed by atoms with van der Waals surface area (Å²) in [6.07, 6.45) is 0.343. The molecule has 1 N–H and O–H groups in total. The van der Waals surface area contributed by atoms with Crippen molar-refractivity contribution in [3.8, 4) is 11.5 Å². The number of hydrogen-bond acceptors (Lipinski definition) is 6. The summed E-state index contributed by atoms with van der Waals surface area (Å²) >= 11 is 0. The molecule has 0 spiro atoms. The molecule has 226 valence electrons. The van der Waals surface area contributed by atoms with Crippen molar-refractivity contribution in [2.24, 2.45) is 5.92 Å². The average Bonchev–Trinajstić information content (AvgIpc) is 2.98. The van der Waals surface area contributed by atoms with Crippen LogP contribution in [0.1, 0.15) is 38.3 Å². The summed E-state index contributed by atoms with van der Waals surface area (Å²) in [6, 6.07) is 19.5. The van der Waals surface area contributed by atoms with E-state index in [1.54, 1.807) is 30.3 Å².